The molecule has 0 aliphatic carbocycles. The van der Waals surface area contributed by atoms with Crippen LogP contribution in [0.5, 0.6) is 5.75 Å². The van der Waals surface area contributed by atoms with Crippen molar-refractivity contribution >= 4 is 28.8 Å². The van der Waals surface area contributed by atoms with Crippen LogP contribution in [0.25, 0.3) is 16.6 Å². The Morgan fingerprint density at radius 2 is 1.79 bits per heavy atom. The van der Waals surface area contributed by atoms with Gasteiger partial charge in [0, 0.05) is 23.0 Å². The zero-order chi connectivity index (χ0) is 30.9. The number of rotatable bonds is 8. The van der Waals surface area contributed by atoms with E-state index in [4.69, 9.17) is 10.5 Å². The first-order valence-corrected chi connectivity index (χ1v) is 14.4. The summed E-state index contributed by atoms with van der Waals surface area (Å²) in [6.45, 7) is 7.94. The molecule has 3 atom stereocenters. The van der Waals surface area contributed by atoms with Crippen LogP contribution in [0.15, 0.2) is 79.0 Å². The lowest BCUT2D eigenvalue weighted by molar-refractivity contribution is -0.121. The van der Waals surface area contributed by atoms with E-state index in [1.165, 1.54) is 4.90 Å². The molecule has 2 heterocycles. The van der Waals surface area contributed by atoms with Gasteiger partial charge in [-0.25, -0.2) is 9.48 Å². The van der Waals surface area contributed by atoms with Gasteiger partial charge in [-0.1, -0.05) is 36.4 Å². The summed E-state index contributed by atoms with van der Waals surface area (Å²) in [5, 5.41) is 15.5. The van der Waals surface area contributed by atoms with E-state index in [2.05, 4.69) is 5.10 Å². The van der Waals surface area contributed by atoms with Crippen LogP contribution in [0, 0.1) is 0 Å². The zero-order valence-electron chi connectivity index (χ0n) is 24.8. The molecule has 224 valence electrons. The van der Waals surface area contributed by atoms with E-state index in [1.807, 2.05) is 82.3 Å². The molecule has 43 heavy (non-hydrogen) atoms. The first-order valence-electron chi connectivity index (χ1n) is 14.4. The Morgan fingerprint density at radius 3 is 2.47 bits per heavy atom. The molecule has 4 aromatic rings. The number of carbonyl (C=O) groups excluding carboxylic acids is 2. The number of ether oxygens (including phenoxy) is 1. The Labute approximate surface area is 250 Å². The third-order valence-electron chi connectivity index (χ3n) is 7.88. The number of carbonyl (C=O) groups is 3. The number of carboxylic acid groups (broad SMARTS) is 1. The molecule has 0 unspecified atom stereocenters. The predicted octanol–water partition coefficient (Wildman–Crippen LogP) is 5.40. The molecular weight excluding hydrogens is 546 g/mol. The van der Waals surface area contributed by atoms with Crippen LogP contribution in [0.4, 0.5) is 4.79 Å². The standard InChI is InChI=1S/C33H37N5O5/c1-21(37(32(41)42)33(2,3)4)29(22-10-6-5-7-11-22)43-26-15-16-27-24(19-26)20-35-38(27)25-13-8-12-23(18-25)31(40)36-17-9-14-28(36)30(34)39/h5-8,10-13,15-16,18-21,28-29H,9,14,17H2,1-4H3,(H2,34,39)(H,41,42)/t21-,28+,29+/m0/s1. The van der Waals surface area contributed by atoms with Gasteiger partial charge in [-0.05, 0) is 82.5 Å². The fourth-order valence-corrected chi connectivity index (χ4v) is 5.97. The van der Waals surface area contributed by atoms with Crippen molar-refractivity contribution in [3.63, 3.8) is 0 Å². The van der Waals surface area contributed by atoms with Crippen molar-refractivity contribution in [1.29, 1.82) is 0 Å². The summed E-state index contributed by atoms with van der Waals surface area (Å²) >= 11 is 0. The highest BCUT2D eigenvalue weighted by Gasteiger charge is 2.37. The average Bonchev–Trinajstić information content (AvgIpc) is 3.63. The fourth-order valence-electron chi connectivity index (χ4n) is 5.97. The second-order valence-corrected chi connectivity index (χ2v) is 11.9. The molecule has 3 aromatic carbocycles. The molecule has 1 aliphatic rings. The van der Waals surface area contributed by atoms with Gasteiger partial charge in [0.1, 0.15) is 17.9 Å². The van der Waals surface area contributed by atoms with Gasteiger partial charge in [0.05, 0.1) is 23.4 Å². The first kappa shape index (κ1) is 29.6. The fraction of sp³-hybridized carbons (Fsp3) is 0.333. The summed E-state index contributed by atoms with van der Waals surface area (Å²) in [4.78, 5) is 40.3. The smallest absolute Gasteiger partial charge is 0.408 e. The van der Waals surface area contributed by atoms with Crippen LogP contribution in [-0.2, 0) is 4.79 Å². The van der Waals surface area contributed by atoms with E-state index in [-0.39, 0.29) is 5.91 Å². The van der Waals surface area contributed by atoms with E-state index in [0.717, 1.165) is 22.9 Å². The van der Waals surface area contributed by atoms with Crippen molar-refractivity contribution in [3.8, 4) is 11.4 Å². The van der Waals surface area contributed by atoms with E-state index in [1.54, 1.807) is 34.0 Å². The minimum atomic E-state index is -1.02. The van der Waals surface area contributed by atoms with Gasteiger partial charge in [0.2, 0.25) is 5.91 Å². The molecule has 1 saturated heterocycles. The Morgan fingerprint density at radius 1 is 1.05 bits per heavy atom. The van der Waals surface area contributed by atoms with Gasteiger partial charge in [-0.2, -0.15) is 5.10 Å². The number of primary amides is 1. The Hall–Kier alpha value is -4.86. The summed E-state index contributed by atoms with van der Waals surface area (Å²) in [5.41, 5.74) is 7.70. The SMILES string of the molecule is C[C@@H]([C@@H](Oc1ccc2c(cnn2-c2cccc(C(=O)N3CCC[C@@H]3C(N)=O)c2)c1)c1ccccc1)N(C(=O)O)C(C)(C)C. The lowest BCUT2D eigenvalue weighted by Gasteiger charge is -2.41. The number of amides is 3. The van der Waals surface area contributed by atoms with Crippen molar-refractivity contribution in [1.82, 2.24) is 19.6 Å². The highest BCUT2D eigenvalue weighted by atomic mass is 16.5. The maximum atomic E-state index is 13.3. The van der Waals surface area contributed by atoms with Crippen LogP contribution < -0.4 is 10.5 Å². The quantitative estimate of drug-likeness (QED) is 0.286. The maximum Gasteiger partial charge on any atom is 0.408 e. The lowest BCUT2D eigenvalue weighted by atomic mass is 9.97. The number of nitrogens with two attached hydrogens (primary N) is 1. The minimum Gasteiger partial charge on any atom is -0.484 e. The number of benzene rings is 3. The first-order chi connectivity index (χ1) is 20.5. The van der Waals surface area contributed by atoms with Gasteiger partial charge < -0.3 is 20.5 Å². The summed E-state index contributed by atoms with van der Waals surface area (Å²) in [7, 11) is 0. The van der Waals surface area contributed by atoms with Crippen molar-refractivity contribution in [2.24, 2.45) is 5.73 Å². The van der Waals surface area contributed by atoms with Gasteiger partial charge in [-0.3, -0.25) is 14.5 Å². The highest BCUT2D eigenvalue weighted by Crippen LogP contribution is 2.33. The monoisotopic (exact) mass is 583 g/mol. The molecule has 10 heteroatoms. The normalized spacial score (nSPS) is 16.6. The summed E-state index contributed by atoms with van der Waals surface area (Å²) in [6.07, 6.45) is 1.45. The molecule has 0 bridgehead atoms. The predicted molar refractivity (Wildman–Crippen MR) is 163 cm³/mol. The molecule has 5 rings (SSSR count). The van der Waals surface area contributed by atoms with Crippen LogP contribution in [0.2, 0.25) is 0 Å². The molecule has 1 fully saturated rings. The highest BCUT2D eigenvalue weighted by molar-refractivity contribution is 5.98. The van der Waals surface area contributed by atoms with Gasteiger partial charge in [-0.15, -0.1) is 0 Å². The molecule has 10 nitrogen and oxygen atoms in total. The minimum absolute atomic E-state index is 0.234. The summed E-state index contributed by atoms with van der Waals surface area (Å²) in [5.74, 6) is -0.152. The van der Waals surface area contributed by atoms with E-state index < -0.39 is 35.7 Å². The van der Waals surface area contributed by atoms with Crippen molar-refractivity contribution in [2.75, 3.05) is 6.54 Å². The third kappa shape index (κ3) is 6.04. The number of fused-ring (bicyclic) bond motifs is 1. The van der Waals surface area contributed by atoms with Gasteiger partial charge in [0.25, 0.3) is 5.91 Å². The number of likely N-dealkylation sites (tertiary alicyclic amines) is 1. The van der Waals surface area contributed by atoms with E-state index >= 15 is 0 Å². The number of hydrogen-bond donors (Lipinski definition) is 2. The summed E-state index contributed by atoms with van der Waals surface area (Å²) < 4.78 is 8.26. The van der Waals surface area contributed by atoms with E-state index in [0.29, 0.717) is 30.0 Å². The molecule has 0 spiro atoms. The number of aromatic nitrogens is 2. The lowest BCUT2D eigenvalue weighted by Crippen LogP contribution is -2.52. The largest absolute Gasteiger partial charge is 0.484 e. The van der Waals surface area contributed by atoms with Crippen LogP contribution >= 0.6 is 0 Å². The zero-order valence-corrected chi connectivity index (χ0v) is 24.8. The van der Waals surface area contributed by atoms with Crippen LogP contribution in [-0.4, -0.2) is 66.8 Å². The van der Waals surface area contributed by atoms with Gasteiger partial charge in [0.15, 0.2) is 0 Å². The summed E-state index contributed by atoms with van der Waals surface area (Å²) in [6, 6.07) is 21.2. The second-order valence-electron chi connectivity index (χ2n) is 11.9. The molecule has 1 aliphatic heterocycles. The number of nitrogens with zero attached hydrogens (tertiary/aromatic N) is 4. The number of hydrogen-bond acceptors (Lipinski definition) is 5. The Balaban J connectivity index is 1.44. The molecule has 3 amide bonds. The Kier molecular flexibility index (Phi) is 8.12. The third-order valence-corrected chi connectivity index (χ3v) is 7.88. The van der Waals surface area contributed by atoms with E-state index in [9.17, 15) is 19.5 Å². The van der Waals surface area contributed by atoms with Crippen LogP contribution in [0.3, 0.4) is 0 Å². The second kappa shape index (κ2) is 11.8. The van der Waals surface area contributed by atoms with Crippen molar-refractivity contribution in [3.05, 3.63) is 90.1 Å². The van der Waals surface area contributed by atoms with Gasteiger partial charge >= 0.3 is 6.09 Å². The molecular formula is C33H37N5O5. The maximum absolute atomic E-state index is 13.3. The molecule has 1 aromatic heterocycles. The topological polar surface area (TPSA) is 131 Å². The van der Waals surface area contributed by atoms with Crippen molar-refractivity contribution < 1.29 is 24.2 Å². The molecule has 3 N–H and O–H groups in total. The average molecular weight is 584 g/mol. The molecule has 0 radical (unpaired) electrons. The molecule has 0 saturated carbocycles. The van der Waals surface area contributed by atoms with Crippen molar-refractivity contribution in [2.45, 2.75) is 64.3 Å². The Bertz CT molecular complexity index is 1640. The van der Waals surface area contributed by atoms with Crippen LogP contribution in [0.1, 0.15) is 62.6 Å².